The highest BCUT2D eigenvalue weighted by atomic mass is 16.1. The monoisotopic (exact) mass is 198 g/mol. The van der Waals surface area contributed by atoms with Crippen LogP contribution in [-0.2, 0) is 4.79 Å². The molecule has 1 aliphatic heterocycles. The van der Waals surface area contributed by atoms with Crippen LogP contribution in [0.25, 0.3) is 0 Å². The number of nitrogens with two attached hydrogens (primary N) is 1. The van der Waals surface area contributed by atoms with E-state index < -0.39 is 0 Å². The minimum atomic E-state index is 0.118. The largest absolute Gasteiger partial charge is 0.370 e. The second-order valence-electron chi connectivity index (χ2n) is 3.45. The molecule has 1 saturated heterocycles. The van der Waals surface area contributed by atoms with Crippen LogP contribution >= 0.6 is 0 Å². The van der Waals surface area contributed by atoms with Crippen LogP contribution < -0.4 is 16.4 Å². The lowest BCUT2D eigenvalue weighted by atomic mass is 10.1. The fourth-order valence-electron chi connectivity index (χ4n) is 1.34. The molecule has 1 fully saturated rings. The topological polar surface area (TPSA) is 79.5 Å². The molecule has 1 amide bonds. The summed E-state index contributed by atoms with van der Waals surface area (Å²) in [5.74, 6) is 0.597. The number of rotatable bonds is 3. The number of carbonyl (C=O) groups excluding carboxylic acids is 1. The zero-order valence-corrected chi connectivity index (χ0v) is 8.55. The molecule has 0 saturated carbocycles. The minimum absolute atomic E-state index is 0.118. The van der Waals surface area contributed by atoms with Crippen LogP contribution in [0.2, 0.25) is 0 Å². The Hall–Kier alpha value is -1.26. The fourth-order valence-corrected chi connectivity index (χ4v) is 1.34. The van der Waals surface area contributed by atoms with Crippen molar-refractivity contribution in [1.29, 1.82) is 0 Å². The molecular weight excluding hydrogens is 180 g/mol. The molecule has 1 aliphatic rings. The van der Waals surface area contributed by atoms with Crippen LogP contribution in [-0.4, -0.2) is 31.0 Å². The predicted octanol–water partition coefficient (Wildman–Crippen LogP) is -0.421. The van der Waals surface area contributed by atoms with Crippen molar-refractivity contribution >= 4 is 11.9 Å². The van der Waals surface area contributed by atoms with Gasteiger partial charge < -0.3 is 16.4 Å². The molecule has 0 aromatic heterocycles. The summed E-state index contributed by atoms with van der Waals surface area (Å²) in [4.78, 5) is 15.0. The van der Waals surface area contributed by atoms with Gasteiger partial charge in [-0.25, -0.2) is 0 Å². The van der Waals surface area contributed by atoms with Gasteiger partial charge in [-0.1, -0.05) is 6.92 Å². The molecule has 1 unspecified atom stereocenters. The Morgan fingerprint density at radius 1 is 1.79 bits per heavy atom. The number of nitrogens with one attached hydrogen (secondary N) is 2. The van der Waals surface area contributed by atoms with E-state index in [0.29, 0.717) is 18.9 Å². The molecule has 0 aromatic rings. The standard InChI is InChI=1S/C9H18N4O/c1-2-5-11-9(10)13-7-3-4-8(14)12-6-7/h7H,2-6H2,1H3,(H,12,14)(H3,10,11,13). The Kier molecular flexibility index (Phi) is 4.22. The van der Waals surface area contributed by atoms with Crippen molar-refractivity contribution in [3.63, 3.8) is 0 Å². The molecular formula is C9H18N4O. The molecule has 0 aliphatic carbocycles. The maximum atomic E-state index is 10.9. The number of hydrogen-bond donors (Lipinski definition) is 3. The molecule has 1 rings (SSSR count). The van der Waals surface area contributed by atoms with Crippen molar-refractivity contribution in [3.8, 4) is 0 Å². The summed E-state index contributed by atoms with van der Waals surface area (Å²) in [5.41, 5.74) is 5.65. The summed E-state index contributed by atoms with van der Waals surface area (Å²) in [7, 11) is 0. The Bertz CT molecular complexity index is 217. The maximum Gasteiger partial charge on any atom is 0.220 e. The smallest absolute Gasteiger partial charge is 0.220 e. The molecule has 5 heteroatoms. The van der Waals surface area contributed by atoms with E-state index in [0.717, 1.165) is 19.4 Å². The summed E-state index contributed by atoms with van der Waals surface area (Å²) in [6, 6.07) is 0.230. The molecule has 4 N–H and O–H groups in total. The van der Waals surface area contributed by atoms with Gasteiger partial charge in [0.15, 0.2) is 5.96 Å². The lowest BCUT2D eigenvalue weighted by molar-refractivity contribution is -0.122. The van der Waals surface area contributed by atoms with Crippen molar-refractivity contribution in [1.82, 2.24) is 10.6 Å². The lowest BCUT2D eigenvalue weighted by Crippen LogP contribution is -2.49. The van der Waals surface area contributed by atoms with Crippen LogP contribution in [0.1, 0.15) is 26.2 Å². The number of amides is 1. The third-order valence-corrected chi connectivity index (χ3v) is 2.12. The summed E-state index contributed by atoms with van der Waals surface area (Å²) < 4.78 is 0. The van der Waals surface area contributed by atoms with Crippen LogP contribution in [0.3, 0.4) is 0 Å². The Morgan fingerprint density at radius 3 is 3.14 bits per heavy atom. The molecule has 1 heterocycles. The molecule has 0 radical (unpaired) electrons. The number of carbonyl (C=O) groups is 1. The first-order chi connectivity index (χ1) is 6.72. The van der Waals surface area contributed by atoms with Crippen molar-refractivity contribution in [2.24, 2.45) is 10.7 Å². The van der Waals surface area contributed by atoms with Crippen LogP contribution in [0, 0.1) is 0 Å². The molecule has 1 atom stereocenters. The van der Waals surface area contributed by atoms with E-state index in [1.54, 1.807) is 0 Å². The van der Waals surface area contributed by atoms with E-state index in [-0.39, 0.29) is 11.9 Å². The molecule has 0 spiro atoms. The van der Waals surface area contributed by atoms with Crippen LogP contribution in [0.15, 0.2) is 4.99 Å². The number of aliphatic imine (C=N–C) groups is 1. The third-order valence-electron chi connectivity index (χ3n) is 2.12. The summed E-state index contributed by atoms with van der Waals surface area (Å²) >= 11 is 0. The molecule has 14 heavy (non-hydrogen) atoms. The lowest BCUT2D eigenvalue weighted by Gasteiger charge is -2.23. The highest BCUT2D eigenvalue weighted by Crippen LogP contribution is 2.01. The Morgan fingerprint density at radius 2 is 2.57 bits per heavy atom. The second-order valence-corrected chi connectivity index (χ2v) is 3.45. The third kappa shape index (κ3) is 3.64. The van der Waals surface area contributed by atoms with Gasteiger partial charge in [0.2, 0.25) is 5.91 Å². The summed E-state index contributed by atoms with van der Waals surface area (Å²) in [5, 5.41) is 5.87. The predicted molar refractivity (Wildman–Crippen MR) is 55.9 cm³/mol. The fraction of sp³-hybridized carbons (Fsp3) is 0.778. The normalized spacial score (nSPS) is 23.1. The number of piperidine rings is 1. The van der Waals surface area contributed by atoms with Gasteiger partial charge in [-0.2, -0.15) is 0 Å². The summed E-state index contributed by atoms with van der Waals surface area (Å²) in [6.07, 6.45) is 2.39. The minimum Gasteiger partial charge on any atom is -0.370 e. The Labute approximate surface area is 84.1 Å². The first kappa shape index (κ1) is 10.8. The molecule has 0 bridgehead atoms. The highest BCUT2D eigenvalue weighted by molar-refractivity contribution is 5.79. The van der Waals surface area contributed by atoms with Crippen molar-refractivity contribution in [3.05, 3.63) is 0 Å². The molecule has 0 aromatic carbocycles. The van der Waals surface area contributed by atoms with Gasteiger partial charge in [-0.05, 0) is 12.8 Å². The van der Waals surface area contributed by atoms with Gasteiger partial charge in [0, 0.05) is 25.6 Å². The molecule has 80 valence electrons. The van der Waals surface area contributed by atoms with Crippen molar-refractivity contribution < 1.29 is 4.79 Å². The van der Waals surface area contributed by atoms with E-state index in [4.69, 9.17) is 5.73 Å². The number of hydrogen-bond acceptors (Lipinski definition) is 2. The first-order valence-corrected chi connectivity index (χ1v) is 5.05. The van der Waals surface area contributed by atoms with E-state index in [1.165, 1.54) is 0 Å². The highest BCUT2D eigenvalue weighted by Gasteiger charge is 2.17. The van der Waals surface area contributed by atoms with Gasteiger partial charge in [0.1, 0.15) is 0 Å². The zero-order valence-electron chi connectivity index (χ0n) is 8.55. The van der Waals surface area contributed by atoms with Gasteiger partial charge in [-0.3, -0.25) is 9.79 Å². The van der Waals surface area contributed by atoms with E-state index >= 15 is 0 Å². The maximum absolute atomic E-state index is 10.9. The van der Waals surface area contributed by atoms with Crippen LogP contribution in [0.4, 0.5) is 0 Å². The average molecular weight is 198 g/mol. The van der Waals surface area contributed by atoms with E-state index in [2.05, 4.69) is 22.5 Å². The SMILES string of the molecule is CCCN=C(N)NC1CCC(=O)NC1. The average Bonchev–Trinajstić information content (AvgIpc) is 2.18. The second kappa shape index (κ2) is 5.47. The number of nitrogens with zero attached hydrogens (tertiary/aromatic N) is 1. The molecule has 5 nitrogen and oxygen atoms in total. The quantitative estimate of drug-likeness (QED) is 0.425. The van der Waals surface area contributed by atoms with Gasteiger partial charge in [0.25, 0.3) is 0 Å². The van der Waals surface area contributed by atoms with E-state index in [1.807, 2.05) is 0 Å². The number of guanidine groups is 1. The van der Waals surface area contributed by atoms with E-state index in [9.17, 15) is 4.79 Å². The summed E-state index contributed by atoms with van der Waals surface area (Å²) in [6.45, 7) is 3.44. The Balaban J connectivity index is 2.26. The van der Waals surface area contributed by atoms with Gasteiger partial charge in [-0.15, -0.1) is 0 Å². The van der Waals surface area contributed by atoms with Gasteiger partial charge >= 0.3 is 0 Å². The zero-order chi connectivity index (χ0) is 10.4. The van der Waals surface area contributed by atoms with Crippen molar-refractivity contribution in [2.45, 2.75) is 32.2 Å². The van der Waals surface area contributed by atoms with Gasteiger partial charge in [0.05, 0.1) is 0 Å². The van der Waals surface area contributed by atoms with Crippen molar-refractivity contribution in [2.75, 3.05) is 13.1 Å². The van der Waals surface area contributed by atoms with Crippen LogP contribution in [0.5, 0.6) is 0 Å². The first-order valence-electron chi connectivity index (χ1n) is 5.05.